The first kappa shape index (κ1) is 18.7. The average Bonchev–Trinajstić information content (AvgIpc) is 3.30. The number of H-pyrrole nitrogens is 1. The Balaban J connectivity index is 1.62. The number of amides is 1. The Morgan fingerprint density at radius 3 is 2.42 bits per heavy atom. The SMILES string of the molecule is CC(C)c1cc(C2CCN(C(=O)[C@H](C)n3ccnc3C(C)C)CC2)[nH]n1. The van der Waals surface area contributed by atoms with E-state index in [1.807, 2.05) is 22.6 Å². The lowest BCUT2D eigenvalue weighted by atomic mass is 9.92. The highest BCUT2D eigenvalue weighted by molar-refractivity contribution is 5.80. The van der Waals surface area contributed by atoms with Gasteiger partial charge in [-0.3, -0.25) is 9.89 Å². The van der Waals surface area contributed by atoms with Crippen LogP contribution in [0.25, 0.3) is 0 Å². The molecule has 3 rings (SSSR count). The Kier molecular flexibility index (Phi) is 5.49. The number of rotatable bonds is 5. The fourth-order valence-corrected chi connectivity index (χ4v) is 3.75. The summed E-state index contributed by atoms with van der Waals surface area (Å²) in [5, 5.41) is 7.62. The van der Waals surface area contributed by atoms with Crippen molar-refractivity contribution in [2.75, 3.05) is 13.1 Å². The number of piperidine rings is 1. The Morgan fingerprint density at radius 1 is 1.15 bits per heavy atom. The van der Waals surface area contributed by atoms with E-state index in [0.29, 0.717) is 17.8 Å². The fraction of sp³-hybridized carbons (Fsp3) is 0.650. The molecule has 0 spiro atoms. The zero-order valence-electron chi connectivity index (χ0n) is 16.6. The Hall–Kier alpha value is -2.11. The first-order valence-electron chi connectivity index (χ1n) is 9.75. The molecule has 2 aromatic heterocycles. The van der Waals surface area contributed by atoms with Crippen LogP contribution in [0.4, 0.5) is 0 Å². The van der Waals surface area contributed by atoms with Crippen molar-refractivity contribution in [1.82, 2.24) is 24.6 Å². The van der Waals surface area contributed by atoms with Gasteiger partial charge in [0.15, 0.2) is 0 Å². The summed E-state index contributed by atoms with van der Waals surface area (Å²) in [7, 11) is 0. The highest BCUT2D eigenvalue weighted by atomic mass is 16.2. The van der Waals surface area contributed by atoms with Crippen molar-refractivity contribution in [3.8, 4) is 0 Å². The number of carbonyl (C=O) groups excluding carboxylic acids is 1. The van der Waals surface area contributed by atoms with Crippen LogP contribution in [0.1, 0.15) is 88.5 Å². The van der Waals surface area contributed by atoms with Gasteiger partial charge in [-0.1, -0.05) is 27.7 Å². The summed E-state index contributed by atoms with van der Waals surface area (Å²) in [4.78, 5) is 19.4. The third-order valence-electron chi connectivity index (χ3n) is 5.45. The maximum absolute atomic E-state index is 13.0. The second-order valence-electron chi connectivity index (χ2n) is 8.03. The molecular formula is C20H31N5O. The van der Waals surface area contributed by atoms with Crippen LogP contribution >= 0.6 is 0 Å². The molecular weight excluding hydrogens is 326 g/mol. The maximum atomic E-state index is 13.0. The molecule has 3 heterocycles. The quantitative estimate of drug-likeness (QED) is 0.884. The number of nitrogens with one attached hydrogen (secondary N) is 1. The van der Waals surface area contributed by atoms with Crippen LogP contribution in [0, 0.1) is 0 Å². The molecule has 1 saturated heterocycles. The predicted molar refractivity (Wildman–Crippen MR) is 102 cm³/mol. The molecule has 0 aliphatic carbocycles. The van der Waals surface area contributed by atoms with Crippen LogP contribution in [-0.2, 0) is 4.79 Å². The highest BCUT2D eigenvalue weighted by Gasteiger charge is 2.29. The van der Waals surface area contributed by atoms with Crippen LogP contribution in [0.3, 0.4) is 0 Å². The van der Waals surface area contributed by atoms with Crippen LogP contribution in [0.15, 0.2) is 18.5 Å². The highest BCUT2D eigenvalue weighted by Crippen LogP contribution is 2.29. The normalized spacial score (nSPS) is 17.3. The number of nitrogens with zero attached hydrogens (tertiary/aromatic N) is 4. The third kappa shape index (κ3) is 3.69. The van der Waals surface area contributed by atoms with Gasteiger partial charge in [0.05, 0.1) is 5.69 Å². The minimum atomic E-state index is -0.203. The van der Waals surface area contributed by atoms with E-state index < -0.39 is 0 Å². The van der Waals surface area contributed by atoms with Crippen molar-refractivity contribution in [2.45, 2.75) is 71.3 Å². The smallest absolute Gasteiger partial charge is 0.245 e. The van der Waals surface area contributed by atoms with Crippen molar-refractivity contribution < 1.29 is 4.79 Å². The predicted octanol–water partition coefficient (Wildman–Crippen LogP) is 3.82. The number of hydrogen-bond donors (Lipinski definition) is 1. The van der Waals surface area contributed by atoms with E-state index in [9.17, 15) is 4.79 Å². The lowest BCUT2D eigenvalue weighted by Gasteiger charge is -2.33. The number of hydrogen-bond acceptors (Lipinski definition) is 3. The van der Waals surface area contributed by atoms with E-state index in [0.717, 1.165) is 37.4 Å². The zero-order valence-corrected chi connectivity index (χ0v) is 16.6. The van der Waals surface area contributed by atoms with Crippen LogP contribution < -0.4 is 0 Å². The summed E-state index contributed by atoms with van der Waals surface area (Å²) in [6, 6.07) is 1.99. The Morgan fingerprint density at radius 2 is 1.85 bits per heavy atom. The summed E-state index contributed by atoms with van der Waals surface area (Å²) < 4.78 is 2.02. The van der Waals surface area contributed by atoms with Gasteiger partial charge in [0.1, 0.15) is 11.9 Å². The number of carbonyl (C=O) groups is 1. The standard InChI is InChI=1S/C20H31N5O/c1-13(2)17-12-18(23-22-17)16-6-9-24(10-7-16)20(26)15(5)25-11-8-21-19(25)14(3)4/h8,11-16H,6-7,9-10H2,1-5H3,(H,22,23)/t15-/m0/s1. The van der Waals surface area contributed by atoms with E-state index in [1.54, 1.807) is 6.20 Å². The molecule has 2 aromatic rings. The molecule has 0 saturated carbocycles. The molecule has 0 bridgehead atoms. The molecule has 1 aliphatic rings. The molecule has 0 aromatic carbocycles. The molecule has 6 heteroatoms. The van der Waals surface area contributed by atoms with Gasteiger partial charge >= 0.3 is 0 Å². The first-order valence-corrected chi connectivity index (χ1v) is 9.75. The van der Waals surface area contributed by atoms with Crippen molar-refractivity contribution in [3.63, 3.8) is 0 Å². The van der Waals surface area contributed by atoms with Gasteiger partial charge < -0.3 is 9.47 Å². The van der Waals surface area contributed by atoms with E-state index >= 15 is 0 Å². The summed E-state index contributed by atoms with van der Waals surface area (Å²) >= 11 is 0. The number of aromatic amines is 1. The summed E-state index contributed by atoms with van der Waals surface area (Å²) in [6.07, 6.45) is 5.68. The average molecular weight is 358 g/mol. The maximum Gasteiger partial charge on any atom is 0.245 e. The van der Waals surface area contributed by atoms with Crippen molar-refractivity contribution in [1.29, 1.82) is 0 Å². The topological polar surface area (TPSA) is 66.8 Å². The molecule has 142 valence electrons. The van der Waals surface area contributed by atoms with E-state index in [4.69, 9.17) is 0 Å². The molecule has 1 amide bonds. The molecule has 26 heavy (non-hydrogen) atoms. The molecule has 1 atom stereocenters. The largest absolute Gasteiger partial charge is 0.341 e. The summed E-state index contributed by atoms with van der Waals surface area (Å²) in [5.74, 6) is 2.37. The van der Waals surface area contributed by atoms with E-state index in [2.05, 4.69) is 48.9 Å². The van der Waals surface area contributed by atoms with Gasteiger partial charge in [0, 0.05) is 43.0 Å². The van der Waals surface area contributed by atoms with Gasteiger partial charge in [-0.2, -0.15) is 5.10 Å². The van der Waals surface area contributed by atoms with Crippen LogP contribution in [0.5, 0.6) is 0 Å². The van der Waals surface area contributed by atoms with E-state index in [-0.39, 0.29) is 11.9 Å². The Bertz CT molecular complexity index is 737. The first-order chi connectivity index (χ1) is 12.4. The van der Waals surface area contributed by atoms with Crippen molar-refractivity contribution in [3.05, 3.63) is 35.7 Å². The Labute approximate surface area is 156 Å². The number of likely N-dealkylation sites (tertiary alicyclic amines) is 1. The summed E-state index contributed by atoms with van der Waals surface area (Å²) in [6.45, 7) is 12.1. The van der Waals surface area contributed by atoms with Gasteiger partial charge in [0.25, 0.3) is 0 Å². The molecule has 1 aliphatic heterocycles. The van der Waals surface area contributed by atoms with Gasteiger partial charge in [-0.05, 0) is 31.7 Å². The molecule has 0 unspecified atom stereocenters. The minimum absolute atomic E-state index is 0.191. The molecule has 0 radical (unpaired) electrons. The second kappa shape index (κ2) is 7.64. The lowest BCUT2D eigenvalue weighted by Crippen LogP contribution is -2.41. The fourth-order valence-electron chi connectivity index (χ4n) is 3.75. The van der Waals surface area contributed by atoms with Crippen molar-refractivity contribution >= 4 is 5.91 Å². The van der Waals surface area contributed by atoms with Crippen LogP contribution in [0.2, 0.25) is 0 Å². The lowest BCUT2D eigenvalue weighted by molar-refractivity contribution is -0.135. The van der Waals surface area contributed by atoms with Gasteiger partial charge in [0.2, 0.25) is 5.91 Å². The zero-order chi connectivity index (χ0) is 18.8. The molecule has 1 N–H and O–H groups in total. The van der Waals surface area contributed by atoms with Crippen LogP contribution in [-0.4, -0.2) is 43.6 Å². The van der Waals surface area contributed by atoms with Crippen molar-refractivity contribution in [2.24, 2.45) is 0 Å². The molecule has 1 fully saturated rings. The summed E-state index contributed by atoms with van der Waals surface area (Å²) in [5.41, 5.74) is 2.33. The van der Waals surface area contributed by atoms with E-state index in [1.165, 1.54) is 5.69 Å². The van der Waals surface area contributed by atoms with Gasteiger partial charge in [-0.15, -0.1) is 0 Å². The third-order valence-corrected chi connectivity index (χ3v) is 5.45. The molecule has 6 nitrogen and oxygen atoms in total. The minimum Gasteiger partial charge on any atom is -0.341 e. The second-order valence-corrected chi connectivity index (χ2v) is 8.03. The number of aromatic nitrogens is 4. The monoisotopic (exact) mass is 357 g/mol. The number of imidazole rings is 1. The van der Waals surface area contributed by atoms with Gasteiger partial charge in [-0.25, -0.2) is 4.98 Å².